The molecule has 0 unspecified atom stereocenters. The zero-order chi connectivity index (χ0) is 5.91. The maximum absolute atomic E-state index is 9.73. The Morgan fingerprint density at radius 3 is 1.43 bits per heavy atom. The van der Waals surface area contributed by atoms with Gasteiger partial charge in [-0.1, -0.05) is 31.9 Å². The minimum absolute atomic E-state index is 0.458. The third-order valence-electron chi connectivity index (χ3n) is 0.314. The Kier molecular flexibility index (Phi) is 2.68. The SMILES string of the molecule is O=CC(Br)(Br)C=O. The van der Waals surface area contributed by atoms with E-state index in [-0.39, 0.29) is 0 Å². The number of alkyl halides is 2. The molecule has 0 fully saturated rings. The molecule has 0 aromatic carbocycles. The lowest BCUT2D eigenvalue weighted by atomic mass is 10.5. The van der Waals surface area contributed by atoms with Crippen molar-refractivity contribution in [3.63, 3.8) is 0 Å². The van der Waals surface area contributed by atoms with Crippen LogP contribution in [0.3, 0.4) is 0 Å². The molecular formula is C3H2Br2O2. The van der Waals surface area contributed by atoms with Crippen LogP contribution in [0.4, 0.5) is 0 Å². The van der Waals surface area contributed by atoms with Gasteiger partial charge in [-0.3, -0.25) is 0 Å². The first-order valence-corrected chi connectivity index (χ1v) is 3.01. The van der Waals surface area contributed by atoms with Crippen molar-refractivity contribution in [1.82, 2.24) is 0 Å². The second-order valence-electron chi connectivity index (χ2n) is 0.910. The molecule has 40 valence electrons. The summed E-state index contributed by atoms with van der Waals surface area (Å²) in [5, 5.41) is 0. The lowest BCUT2D eigenvalue weighted by molar-refractivity contribution is -0.114. The van der Waals surface area contributed by atoms with Crippen molar-refractivity contribution in [2.75, 3.05) is 0 Å². The lowest BCUT2D eigenvalue weighted by Gasteiger charge is -1.96. The summed E-state index contributed by atoms with van der Waals surface area (Å²) in [6.07, 6.45) is 0.917. The van der Waals surface area contributed by atoms with E-state index in [0.717, 1.165) is 0 Å². The molecule has 0 bridgehead atoms. The first kappa shape index (κ1) is 7.30. The van der Waals surface area contributed by atoms with Gasteiger partial charge in [-0.05, 0) is 0 Å². The van der Waals surface area contributed by atoms with E-state index in [2.05, 4.69) is 31.9 Å². The van der Waals surface area contributed by atoms with E-state index in [1.54, 1.807) is 0 Å². The monoisotopic (exact) mass is 228 g/mol. The Hall–Kier alpha value is 0.300. The average Bonchev–Trinajstić information content (AvgIpc) is 1.68. The van der Waals surface area contributed by atoms with Gasteiger partial charge in [0, 0.05) is 0 Å². The van der Waals surface area contributed by atoms with Gasteiger partial charge >= 0.3 is 0 Å². The highest BCUT2D eigenvalue weighted by Crippen LogP contribution is 2.18. The van der Waals surface area contributed by atoms with Crippen molar-refractivity contribution in [2.45, 2.75) is 3.23 Å². The molecule has 7 heavy (non-hydrogen) atoms. The highest BCUT2D eigenvalue weighted by Gasteiger charge is 2.18. The molecule has 0 aromatic heterocycles. The highest BCUT2D eigenvalue weighted by atomic mass is 79.9. The summed E-state index contributed by atoms with van der Waals surface area (Å²) in [5.41, 5.74) is 0. The van der Waals surface area contributed by atoms with Crippen LogP contribution in [0.15, 0.2) is 0 Å². The fraction of sp³-hybridized carbons (Fsp3) is 0.333. The summed E-state index contributed by atoms with van der Waals surface area (Å²) < 4.78 is -1.15. The molecule has 0 aromatic rings. The van der Waals surface area contributed by atoms with Crippen LogP contribution in [0, 0.1) is 0 Å². The summed E-state index contributed by atoms with van der Waals surface area (Å²) >= 11 is 5.52. The minimum Gasteiger partial charge on any atom is -0.300 e. The van der Waals surface area contributed by atoms with Crippen LogP contribution in [0.2, 0.25) is 0 Å². The van der Waals surface area contributed by atoms with Crippen molar-refractivity contribution in [3.05, 3.63) is 0 Å². The van der Waals surface area contributed by atoms with Crippen LogP contribution in [-0.2, 0) is 9.59 Å². The highest BCUT2D eigenvalue weighted by molar-refractivity contribution is 9.26. The number of carbonyl (C=O) groups excluding carboxylic acids is 2. The van der Waals surface area contributed by atoms with E-state index < -0.39 is 3.23 Å². The molecule has 2 nitrogen and oxygen atoms in total. The van der Waals surface area contributed by atoms with E-state index in [1.807, 2.05) is 0 Å². The number of aldehydes is 2. The number of hydrogen-bond acceptors (Lipinski definition) is 2. The summed E-state index contributed by atoms with van der Waals surface area (Å²) in [5.74, 6) is 0. The number of carbonyl (C=O) groups is 2. The third-order valence-corrected chi connectivity index (χ3v) is 1.06. The molecule has 0 saturated heterocycles. The van der Waals surface area contributed by atoms with E-state index in [1.165, 1.54) is 0 Å². The molecule has 0 atom stereocenters. The quantitative estimate of drug-likeness (QED) is 0.400. The molecule has 0 aliphatic carbocycles. The Morgan fingerprint density at radius 1 is 1.14 bits per heavy atom. The first-order valence-electron chi connectivity index (χ1n) is 1.43. The van der Waals surface area contributed by atoms with Crippen LogP contribution in [0.25, 0.3) is 0 Å². The maximum atomic E-state index is 9.73. The lowest BCUT2D eigenvalue weighted by Crippen LogP contribution is -2.13. The largest absolute Gasteiger partial charge is 0.300 e. The molecule has 0 aliphatic heterocycles. The van der Waals surface area contributed by atoms with Gasteiger partial charge in [0.25, 0.3) is 0 Å². The van der Waals surface area contributed by atoms with Gasteiger partial charge < -0.3 is 9.59 Å². The summed E-state index contributed by atoms with van der Waals surface area (Å²) in [6.45, 7) is 0. The summed E-state index contributed by atoms with van der Waals surface area (Å²) in [4.78, 5) is 19.5. The fourth-order valence-electron chi connectivity index (χ4n) is 0.0278. The smallest absolute Gasteiger partial charge is 0.190 e. The van der Waals surface area contributed by atoms with E-state index in [9.17, 15) is 9.59 Å². The van der Waals surface area contributed by atoms with Gasteiger partial charge in [-0.25, -0.2) is 0 Å². The Bertz CT molecular complexity index is 78.9. The van der Waals surface area contributed by atoms with E-state index >= 15 is 0 Å². The molecule has 0 spiro atoms. The van der Waals surface area contributed by atoms with Crippen LogP contribution < -0.4 is 0 Å². The number of rotatable bonds is 2. The van der Waals surface area contributed by atoms with Gasteiger partial charge in [0.1, 0.15) is 0 Å². The Labute approximate surface area is 57.5 Å². The Balaban J connectivity index is 3.82. The number of hydrogen-bond donors (Lipinski definition) is 0. The van der Waals surface area contributed by atoms with Gasteiger partial charge in [0.2, 0.25) is 0 Å². The predicted molar refractivity (Wildman–Crippen MR) is 32.7 cm³/mol. The minimum atomic E-state index is -1.15. The van der Waals surface area contributed by atoms with Crippen molar-refractivity contribution < 1.29 is 9.59 Å². The maximum Gasteiger partial charge on any atom is 0.190 e. The topological polar surface area (TPSA) is 34.1 Å². The van der Waals surface area contributed by atoms with E-state index in [4.69, 9.17) is 0 Å². The number of halogens is 2. The Morgan fingerprint density at radius 2 is 1.43 bits per heavy atom. The fourth-order valence-corrected chi connectivity index (χ4v) is 0.0278. The first-order chi connectivity index (χ1) is 3.12. The van der Waals surface area contributed by atoms with E-state index in [0.29, 0.717) is 12.6 Å². The summed E-state index contributed by atoms with van der Waals surface area (Å²) in [7, 11) is 0. The molecule has 0 heterocycles. The molecule has 0 amide bonds. The predicted octanol–water partition coefficient (Wildman–Crippen LogP) is 0.870. The van der Waals surface area contributed by atoms with Crippen LogP contribution in [0.1, 0.15) is 0 Å². The van der Waals surface area contributed by atoms with Gasteiger partial charge in [0.15, 0.2) is 15.8 Å². The van der Waals surface area contributed by atoms with Crippen LogP contribution >= 0.6 is 31.9 Å². The summed E-state index contributed by atoms with van der Waals surface area (Å²) in [6, 6.07) is 0. The van der Waals surface area contributed by atoms with Crippen LogP contribution in [0.5, 0.6) is 0 Å². The molecule has 0 rings (SSSR count). The average molecular weight is 230 g/mol. The third kappa shape index (κ3) is 2.93. The van der Waals surface area contributed by atoms with Crippen molar-refractivity contribution >= 4 is 44.4 Å². The molecule has 0 saturated carbocycles. The van der Waals surface area contributed by atoms with Crippen molar-refractivity contribution in [1.29, 1.82) is 0 Å². The van der Waals surface area contributed by atoms with Gasteiger partial charge in [0.05, 0.1) is 0 Å². The standard InChI is InChI=1S/C3H2Br2O2/c4-3(5,1-6)2-7/h1-2H. The van der Waals surface area contributed by atoms with Gasteiger partial charge in [-0.15, -0.1) is 0 Å². The normalized spacial score (nSPS) is 10.6. The van der Waals surface area contributed by atoms with Crippen molar-refractivity contribution in [2.24, 2.45) is 0 Å². The molecule has 0 N–H and O–H groups in total. The zero-order valence-electron chi connectivity index (χ0n) is 3.23. The van der Waals surface area contributed by atoms with Gasteiger partial charge in [-0.2, -0.15) is 0 Å². The second kappa shape index (κ2) is 2.57. The zero-order valence-corrected chi connectivity index (χ0v) is 6.40. The molecule has 0 radical (unpaired) electrons. The molecule has 0 aliphatic rings. The molecule has 4 heteroatoms. The second-order valence-corrected chi connectivity index (χ2v) is 4.60. The van der Waals surface area contributed by atoms with Crippen molar-refractivity contribution in [3.8, 4) is 0 Å². The van der Waals surface area contributed by atoms with Crippen LogP contribution in [-0.4, -0.2) is 15.8 Å². The molecular weight excluding hydrogens is 228 g/mol.